The fraction of sp³-hybridized carbons (Fsp3) is 0.233. The molecular formula is C30H28FN7O5S. The highest BCUT2D eigenvalue weighted by Gasteiger charge is 2.33. The quantitative estimate of drug-likeness (QED) is 0.155. The Kier molecular flexibility index (Phi) is 8.99. The van der Waals surface area contributed by atoms with Crippen LogP contribution in [0.25, 0.3) is 0 Å². The third kappa shape index (κ3) is 6.44. The first-order valence-electron chi connectivity index (χ1n) is 13.5. The van der Waals surface area contributed by atoms with Crippen molar-refractivity contribution < 1.29 is 23.6 Å². The van der Waals surface area contributed by atoms with Gasteiger partial charge in [0.2, 0.25) is 0 Å². The number of nitrogens with zero attached hydrogens (tertiary/aromatic N) is 6. The number of halogens is 1. The van der Waals surface area contributed by atoms with E-state index in [9.17, 15) is 24.1 Å². The largest absolute Gasteiger partial charge is 0.497 e. The number of ether oxygens (including phenoxy) is 1. The van der Waals surface area contributed by atoms with Gasteiger partial charge in [-0.3, -0.25) is 19.7 Å². The molecule has 0 spiro atoms. The average molecular weight is 618 g/mol. The fourth-order valence-electron chi connectivity index (χ4n) is 4.78. The second kappa shape index (κ2) is 13.0. The van der Waals surface area contributed by atoms with Crippen molar-refractivity contribution in [2.24, 2.45) is 12.1 Å². The number of nitro groups is 1. The summed E-state index contributed by atoms with van der Waals surface area (Å²) in [6.07, 6.45) is 0.451. The lowest BCUT2D eigenvalue weighted by Crippen LogP contribution is -2.28. The number of benzene rings is 3. The molecule has 1 aliphatic heterocycles. The summed E-state index contributed by atoms with van der Waals surface area (Å²) >= 11 is 1.17. The van der Waals surface area contributed by atoms with Crippen molar-refractivity contribution in [1.29, 1.82) is 0 Å². The molecule has 0 aliphatic carbocycles. The van der Waals surface area contributed by atoms with Gasteiger partial charge >= 0.3 is 0 Å². The highest BCUT2D eigenvalue weighted by atomic mass is 32.2. The highest BCUT2D eigenvalue weighted by Crippen LogP contribution is 2.34. The number of rotatable bonds is 10. The minimum atomic E-state index is -0.533. The number of amides is 2. The topological polar surface area (TPSA) is 145 Å². The van der Waals surface area contributed by atoms with Crippen molar-refractivity contribution >= 4 is 35.0 Å². The first-order chi connectivity index (χ1) is 21.2. The lowest BCUT2D eigenvalue weighted by atomic mass is 9.98. The molecule has 1 N–H and O–H groups in total. The molecule has 3 aromatic carbocycles. The van der Waals surface area contributed by atoms with Gasteiger partial charge < -0.3 is 14.6 Å². The van der Waals surface area contributed by atoms with Gasteiger partial charge in [-0.15, -0.1) is 10.2 Å². The SMILES string of the molecule is COc1ccc(C2=NN(C(=O)CSc3nnc(CNC(=O)c4cccc([N+](=O)[O-])c4C)n3C)[C@H](c3ccc(F)cc3)C2)cc1. The van der Waals surface area contributed by atoms with Gasteiger partial charge in [0.1, 0.15) is 11.6 Å². The van der Waals surface area contributed by atoms with Crippen LogP contribution in [0.3, 0.4) is 0 Å². The summed E-state index contributed by atoms with van der Waals surface area (Å²) in [5.41, 5.74) is 2.64. The molecule has 5 rings (SSSR count). The van der Waals surface area contributed by atoms with Crippen molar-refractivity contribution in [3.63, 3.8) is 0 Å². The molecule has 1 aromatic heterocycles. The number of carbonyl (C=O) groups excluding carboxylic acids is 2. The maximum atomic E-state index is 13.7. The summed E-state index contributed by atoms with van der Waals surface area (Å²) in [7, 11) is 3.30. The fourth-order valence-corrected chi connectivity index (χ4v) is 5.56. The molecule has 2 amide bonds. The first-order valence-corrected chi connectivity index (χ1v) is 14.5. The van der Waals surface area contributed by atoms with Gasteiger partial charge in [-0.05, 0) is 60.5 Å². The van der Waals surface area contributed by atoms with Crippen LogP contribution in [0.5, 0.6) is 5.75 Å². The van der Waals surface area contributed by atoms with Gasteiger partial charge in [-0.25, -0.2) is 9.40 Å². The first kappa shape index (κ1) is 30.4. The Balaban J connectivity index is 1.27. The van der Waals surface area contributed by atoms with E-state index in [0.717, 1.165) is 16.8 Å². The van der Waals surface area contributed by atoms with Crippen LogP contribution in [0, 0.1) is 22.9 Å². The number of hydrogen-bond acceptors (Lipinski definition) is 9. The zero-order valence-electron chi connectivity index (χ0n) is 24.1. The number of carbonyl (C=O) groups is 2. The van der Waals surface area contributed by atoms with Gasteiger partial charge in [0, 0.05) is 30.7 Å². The Morgan fingerprint density at radius 1 is 1.11 bits per heavy atom. The van der Waals surface area contributed by atoms with Gasteiger partial charge in [-0.2, -0.15) is 5.10 Å². The number of thioether (sulfide) groups is 1. The van der Waals surface area contributed by atoms with Crippen LogP contribution in [-0.4, -0.2) is 55.1 Å². The molecule has 12 nitrogen and oxygen atoms in total. The number of hydrogen-bond donors (Lipinski definition) is 1. The van der Waals surface area contributed by atoms with E-state index < -0.39 is 16.9 Å². The molecule has 1 aliphatic rings. The number of hydrazone groups is 1. The van der Waals surface area contributed by atoms with E-state index in [1.165, 1.54) is 54.0 Å². The van der Waals surface area contributed by atoms with E-state index in [1.54, 1.807) is 30.9 Å². The van der Waals surface area contributed by atoms with Gasteiger partial charge in [0.05, 0.1) is 36.1 Å². The predicted octanol–water partition coefficient (Wildman–Crippen LogP) is 4.58. The zero-order valence-corrected chi connectivity index (χ0v) is 24.9. The predicted molar refractivity (Wildman–Crippen MR) is 161 cm³/mol. The minimum Gasteiger partial charge on any atom is -0.497 e. The highest BCUT2D eigenvalue weighted by molar-refractivity contribution is 7.99. The molecule has 14 heteroatoms. The van der Waals surface area contributed by atoms with Crippen molar-refractivity contribution in [3.05, 3.63) is 111 Å². The number of aromatic nitrogens is 3. The van der Waals surface area contributed by atoms with Crippen LogP contribution < -0.4 is 10.1 Å². The summed E-state index contributed by atoms with van der Waals surface area (Å²) in [4.78, 5) is 36.9. The second-order valence-corrected chi connectivity index (χ2v) is 10.9. The Morgan fingerprint density at radius 2 is 1.84 bits per heavy atom. The smallest absolute Gasteiger partial charge is 0.273 e. The molecule has 0 radical (unpaired) electrons. The number of nitro benzene ring substituents is 1. The van der Waals surface area contributed by atoms with E-state index in [4.69, 9.17) is 4.74 Å². The average Bonchev–Trinajstić information content (AvgIpc) is 3.63. The maximum absolute atomic E-state index is 13.7. The Labute approximate surface area is 256 Å². The molecule has 44 heavy (non-hydrogen) atoms. The monoisotopic (exact) mass is 617 g/mol. The Hall–Kier alpha value is -5.11. The third-order valence-corrected chi connectivity index (χ3v) is 8.25. The van der Waals surface area contributed by atoms with Crippen LogP contribution in [0.2, 0.25) is 0 Å². The van der Waals surface area contributed by atoms with Crippen LogP contribution in [-0.2, 0) is 18.4 Å². The molecule has 0 saturated carbocycles. The molecule has 1 atom stereocenters. The molecule has 0 bridgehead atoms. The molecule has 4 aromatic rings. The molecule has 0 fully saturated rings. The van der Waals surface area contributed by atoms with E-state index in [0.29, 0.717) is 23.2 Å². The van der Waals surface area contributed by atoms with Crippen molar-refractivity contribution in [2.75, 3.05) is 12.9 Å². The normalized spacial score (nSPS) is 14.3. The summed E-state index contributed by atoms with van der Waals surface area (Å²) < 4.78 is 20.6. The Morgan fingerprint density at radius 3 is 2.52 bits per heavy atom. The molecule has 0 saturated heterocycles. The van der Waals surface area contributed by atoms with Crippen molar-refractivity contribution in [1.82, 2.24) is 25.1 Å². The number of methoxy groups -OCH3 is 1. The Bertz CT molecular complexity index is 1740. The zero-order chi connectivity index (χ0) is 31.4. The van der Waals surface area contributed by atoms with E-state index in [1.807, 2.05) is 24.3 Å². The van der Waals surface area contributed by atoms with Gasteiger partial charge in [0.25, 0.3) is 17.5 Å². The van der Waals surface area contributed by atoms with Crippen molar-refractivity contribution in [3.8, 4) is 5.75 Å². The summed E-state index contributed by atoms with van der Waals surface area (Å²) in [6, 6.07) is 17.3. The molecule has 226 valence electrons. The lowest BCUT2D eigenvalue weighted by molar-refractivity contribution is -0.385. The third-order valence-electron chi connectivity index (χ3n) is 7.25. The summed E-state index contributed by atoms with van der Waals surface area (Å²) in [5, 5.41) is 28.8. The van der Waals surface area contributed by atoms with Crippen LogP contribution >= 0.6 is 11.8 Å². The van der Waals surface area contributed by atoms with Crippen molar-refractivity contribution in [2.45, 2.75) is 31.1 Å². The lowest BCUT2D eigenvalue weighted by Gasteiger charge is -2.22. The summed E-state index contributed by atoms with van der Waals surface area (Å²) in [5.74, 6) is 0.0142. The maximum Gasteiger partial charge on any atom is 0.273 e. The van der Waals surface area contributed by atoms with Gasteiger partial charge in [0.15, 0.2) is 11.0 Å². The molecule has 0 unspecified atom stereocenters. The molecular weight excluding hydrogens is 589 g/mol. The summed E-state index contributed by atoms with van der Waals surface area (Å²) in [6.45, 7) is 1.54. The van der Waals surface area contributed by atoms with Crippen LogP contribution in [0.4, 0.5) is 10.1 Å². The second-order valence-electron chi connectivity index (χ2n) is 9.92. The number of nitrogens with one attached hydrogen (secondary N) is 1. The standard InChI is InChI=1S/C30H28FN7O5S/c1-18-23(5-4-6-25(18)38(41)42)29(40)32-16-27-33-34-30(36(27)2)44-17-28(39)37-26(20-7-11-21(31)12-8-20)15-24(35-37)19-9-13-22(43-3)14-10-19/h4-14,26H,15-17H2,1-3H3,(H,32,40)/t26-/m0/s1. The van der Waals surface area contributed by atoms with Crippen LogP contribution in [0.1, 0.15) is 45.3 Å². The minimum absolute atomic E-state index is 0.00228. The van der Waals surface area contributed by atoms with E-state index in [-0.39, 0.29) is 40.8 Å². The molecule has 2 heterocycles. The van der Waals surface area contributed by atoms with Gasteiger partial charge in [-0.1, -0.05) is 30.0 Å². The van der Waals surface area contributed by atoms with Crippen LogP contribution in [0.15, 0.2) is 77.0 Å². The van der Waals surface area contributed by atoms with E-state index >= 15 is 0 Å². The van der Waals surface area contributed by atoms with E-state index in [2.05, 4.69) is 20.6 Å².